The molecule has 5 nitrogen and oxygen atoms in total. The van der Waals surface area contributed by atoms with E-state index >= 15 is 0 Å². The Bertz CT molecular complexity index is 574. The SMILES string of the molecule is Cc1nc(-c2ccc(Br)s2)nc(N)c1C(=O)O. The Balaban J connectivity index is 2.56. The third-order valence-electron chi connectivity index (χ3n) is 2.13. The predicted molar refractivity (Wildman–Crippen MR) is 69.2 cm³/mol. The van der Waals surface area contributed by atoms with Crippen LogP contribution in [0.3, 0.4) is 0 Å². The molecule has 3 N–H and O–H groups in total. The molecule has 2 rings (SSSR count). The molecular formula is C10H8BrN3O2S. The van der Waals surface area contributed by atoms with Gasteiger partial charge in [0.1, 0.15) is 11.4 Å². The topological polar surface area (TPSA) is 89.1 Å². The molecule has 0 unspecified atom stereocenters. The van der Waals surface area contributed by atoms with Crippen molar-refractivity contribution in [1.29, 1.82) is 0 Å². The van der Waals surface area contributed by atoms with Gasteiger partial charge in [-0.05, 0) is 35.0 Å². The Kier molecular flexibility index (Phi) is 3.12. The maximum atomic E-state index is 10.9. The molecule has 0 saturated carbocycles. The lowest BCUT2D eigenvalue weighted by atomic mass is 10.2. The van der Waals surface area contributed by atoms with E-state index in [1.165, 1.54) is 11.3 Å². The van der Waals surface area contributed by atoms with E-state index in [2.05, 4.69) is 25.9 Å². The van der Waals surface area contributed by atoms with Crippen molar-refractivity contribution in [2.75, 3.05) is 5.73 Å². The quantitative estimate of drug-likeness (QED) is 0.889. The number of nitrogens with zero attached hydrogens (tertiary/aromatic N) is 2. The number of nitrogen functional groups attached to an aromatic ring is 1. The van der Waals surface area contributed by atoms with Crippen LogP contribution in [0.5, 0.6) is 0 Å². The van der Waals surface area contributed by atoms with Crippen LogP contribution in [-0.2, 0) is 0 Å². The first-order chi connectivity index (χ1) is 7.99. The van der Waals surface area contributed by atoms with Crippen molar-refractivity contribution in [2.24, 2.45) is 0 Å². The number of hydrogen-bond donors (Lipinski definition) is 2. The Morgan fingerprint density at radius 2 is 2.18 bits per heavy atom. The van der Waals surface area contributed by atoms with E-state index in [1.54, 1.807) is 6.92 Å². The number of aromatic carboxylic acids is 1. The van der Waals surface area contributed by atoms with Crippen molar-refractivity contribution in [3.63, 3.8) is 0 Å². The van der Waals surface area contributed by atoms with Gasteiger partial charge in [0.05, 0.1) is 14.4 Å². The van der Waals surface area contributed by atoms with Gasteiger partial charge in [-0.25, -0.2) is 14.8 Å². The molecule has 0 saturated heterocycles. The van der Waals surface area contributed by atoms with Gasteiger partial charge in [0.2, 0.25) is 0 Å². The number of carboxylic acid groups (broad SMARTS) is 1. The van der Waals surface area contributed by atoms with Gasteiger partial charge in [0.25, 0.3) is 0 Å². The minimum atomic E-state index is -1.11. The van der Waals surface area contributed by atoms with Crippen LogP contribution < -0.4 is 5.73 Å². The number of carbonyl (C=O) groups is 1. The third kappa shape index (κ3) is 2.29. The molecule has 2 aromatic heterocycles. The van der Waals surface area contributed by atoms with E-state index in [-0.39, 0.29) is 11.4 Å². The molecule has 88 valence electrons. The van der Waals surface area contributed by atoms with E-state index in [4.69, 9.17) is 10.8 Å². The first-order valence-electron chi connectivity index (χ1n) is 4.62. The van der Waals surface area contributed by atoms with Gasteiger partial charge in [0.15, 0.2) is 5.82 Å². The number of thiophene rings is 1. The largest absolute Gasteiger partial charge is 0.477 e. The lowest BCUT2D eigenvalue weighted by molar-refractivity contribution is 0.0696. The second kappa shape index (κ2) is 4.42. The lowest BCUT2D eigenvalue weighted by Gasteiger charge is -2.05. The predicted octanol–water partition coefficient (Wildman–Crippen LogP) is 2.56. The van der Waals surface area contributed by atoms with Gasteiger partial charge < -0.3 is 10.8 Å². The van der Waals surface area contributed by atoms with Gasteiger partial charge in [-0.3, -0.25) is 0 Å². The van der Waals surface area contributed by atoms with Gasteiger partial charge in [0, 0.05) is 0 Å². The highest BCUT2D eigenvalue weighted by Crippen LogP contribution is 2.30. The van der Waals surface area contributed by atoms with E-state index < -0.39 is 5.97 Å². The molecule has 0 bridgehead atoms. The van der Waals surface area contributed by atoms with Crippen LogP contribution >= 0.6 is 27.3 Å². The minimum Gasteiger partial charge on any atom is -0.477 e. The average Bonchev–Trinajstić information content (AvgIpc) is 2.63. The van der Waals surface area contributed by atoms with Crippen LogP contribution in [0, 0.1) is 6.92 Å². The van der Waals surface area contributed by atoms with Crippen LogP contribution in [0.2, 0.25) is 0 Å². The second-order valence-corrected chi connectivity index (χ2v) is 5.76. The first kappa shape index (κ1) is 12.0. The van der Waals surface area contributed by atoms with E-state index in [0.717, 1.165) is 8.66 Å². The van der Waals surface area contributed by atoms with Crippen LogP contribution in [0.15, 0.2) is 15.9 Å². The Morgan fingerprint density at radius 3 is 2.65 bits per heavy atom. The highest BCUT2D eigenvalue weighted by Gasteiger charge is 2.16. The van der Waals surface area contributed by atoms with E-state index in [9.17, 15) is 4.79 Å². The number of hydrogen-bond acceptors (Lipinski definition) is 5. The number of anilines is 1. The Hall–Kier alpha value is -1.47. The monoisotopic (exact) mass is 313 g/mol. The van der Waals surface area contributed by atoms with Gasteiger partial charge in [-0.2, -0.15) is 0 Å². The van der Waals surface area contributed by atoms with E-state index in [0.29, 0.717) is 11.5 Å². The molecule has 0 aliphatic heterocycles. The summed E-state index contributed by atoms with van der Waals surface area (Å²) in [7, 11) is 0. The highest BCUT2D eigenvalue weighted by atomic mass is 79.9. The molecule has 0 aliphatic carbocycles. The number of aryl methyl sites for hydroxylation is 1. The smallest absolute Gasteiger partial charge is 0.341 e. The molecule has 2 aromatic rings. The summed E-state index contributed by atoms with van der Waals surface area (Å²) in [5, 5.41) is 8.95. The fraction of sp³-hybridized carbons (Fsp3) is 0.100. The van der Waals surface area contributed by atoms with Gasteiger partial charge in [-0.1, -0.05) is 0 Å². The molecule has 7 heteroatoms. The van der Waals surface area contributed by atoms with Crippen molar-refractivity contribution in [3.8, 4) is 10.7 Å². The van der Waals surface area contributed by atoms with Gasteiger partial charge >= 0.3 is 5.97 Å². The lowest BCUT2D eigenvalue weighted by Crippen LogP contribution is -2.10. The summed E-state index contributed by atoms with van der Waals surface area (Å²) in [5.41, 5.74) is 5.96. The maximum absolute atomic E-state index is 10.9. The number of carboxylic acids is 1. The van der Waals surface area contributed by atoms with Crippen molar-refractivity contribution in [1.82, 2.24) is 9.97 Å². The normalized spacial score (nSPS) is 10.5. The molecule has 0 amide bonds. The number of rotatable bonds is 2. The maximum Gasteiger partial charge on any atom is 0.341 e. The minimum absolute atomic E-state index is 0.00970. The molecular weight excluding hydrogens is 306 g/mol. The fourth-order valence-corrected chi connectivity index (χ4v) is 2.72. The zero-order valence-corrected chi connectivity index (χ0v) is 11.2. The second-order valence-electron chi connectivity index (χ2n) is 3.30. The summed E-state index contributed by atoms with van der Waals surface area (Å²) in [6, 6.07) is 3.73. The molecule has 17 heavy (non-hydrogen) atoms. The molecule has 0 aliphatic rings. The van der Waals surface area contributed by atoms with Crippen LogP contribution in [-0.4, -0.2) is 21.0 Å². The standard InChI is InChI=1S/C10H8BrN3O2S/c1-4-7(10(15)16)8(12)14-9(13-4)5-2-3-6(11)17-5/h2-3H,1H3,(H,15,16)(H2,12,13,14). The number of halogens is 1. The van der Waals surface area contributed by atoms with Crippen molar-refractivity contribution < 1.29 is 9.90 Å². The van der Waals surface area contributed by atoms with Crippen LogP contribution in [0.25, 0.3) is 10.7 Å². The van der Waals surface area contributed by atoms with Gasteiger partial charge in [-0.15, -0.1) is 11.3 Å². The van der Waals surface area contributed by atoms with Crippen LogP contribution in [0.1, 0.15) is 16.1 Å². The Morgan fingerprint density at radius 1 is 1.47 bits per heavy atom. The molecule has 0 fully saturated rings. The van der Waals surface area contributed by atoms with E-state index in [1.807, 2.05) is 12.1 Å². The van der Waals surface area contributed by atoms with Crippen molar-refractivity contribution in [3.05, 3.63) is 27.2 Å². The fourth-order valence-electron chi connectivity index (χ4n) is 1.40. The molecule has 0 atom stereocenters. The summed E-state index contributed by atoms with van der Waals surface area (Å²) in [5.74, 6) is -0.677. The molecule has 0 spiro atoms. The molecule has 0 radical (unpaired) electrons. The third-order valence-corrected chi connectivity index (χ3v) is 3.74. The summed E-state index contributed by atoms with van der Waals surface area (Å²) in [6.07, 6.45) is 0. The van der Waals surface area contributed by atoms with Crippen LogP contribution in [0.4, 0.5) is 5.82 Å². The summed E-state index contributed by atoms with van der Waals surface area (Å²) < 4.78 is 0.953. The average molecular weight is 314 g/mol. The van der Waals surface area contributed by atoms with Crippen molar-refractivity contribution in [2.45, 2.75) is 6.92 Å². The first-order valence-corrected chi connectivity index (χ1v) is 6.23. The zero-order valence-electron chi connectivity index (χ0n) is 8.77. The Labute approximate surface area is 109 Å². The number of nitrogens with two attached hydrogens (primary N) is 1. The highest BCUT2D eigenvalue weighted by molar-refractivity contribution is 9.11. The summed E-state index contributed by atoms with van der Waals surface area (Å²) in [4.78, 5) is 19.9. The molecule has 0 aromatic carbocycles. The van der Waals surface area contributed by atoms with Crippen molar-refractivity contribution >= 4 is 39.1 Å². The molecule has 2 heterocycles. The summed E-state index contributed by atoms with van der Waals surface area (Å²) >= 11 is 4.80. The zero-order chi connectivity index (χ0) is 12.6. The summed E-state index contributed by atoms with van der Waals surface area (Å²) in [6.45, 7) is 1.60. The number of aromatic nitrogens is 2.